The number of methoxy groups -OCH3 is 2. The van der Waals surface area contributed by atoms with E-state index < -0.39 is 47.9 Å². The van der Waals surface area contributed by atoms with Gasteiger partial charge in [-0.15, -0.1) is 0 Å². The van der Waals surface area contributed by atoms with Gasteiger partial charge in [0.1, 0.15) is 41.1 Å². The molecule has 15 nitrogen and oxygen atoms in total. The quantitative estimate of drug-likeness (QED) is 0.159. The summed E-state index contributed by atoms with van der Waals surface area (Å²) < 4.78 is 40.5. The summed E-state index contributed by atoms with van der Waals surface area (Å²) in [6.45, 7) is 12.1. The fraction of sp³-hybridized carbons (Fsp3) is 0.514. The number of alkyl carbamates (subject to hydrolysis) is 2. The van der Waals surface area contributed by atoms with Crippen molar-refractivity contribution in [2.45, 2.75) is 83.5 Å². The molecular formula is C37H49F2N9O6. The minimum Gasteiger partial charge on any atom is -0.453 e. The van der Waals surface area contributed by atoms with Crippen LogP contribution in [0.3, 0.4) is 0 Å². The average Bonchev–Trinajstić information content (AvgIpc) is 3.93. The number of hydrogen-bond donors (Lipinski definition) is 5. The van der Waals surface area contributed by atoms with Gasteiger partial charge in [-0.1, -0.05) is 20.4 Å². The number of nitrogens with one attached hydrogen (secondary N) is 5. The summed E-state index contributed by atoms with van der Waals surface area (Å²) in [5.41, 5.74) is 1.91. The molecule has 4 atom stereocenters. The summed E-state index contributed by atoms with van der Waals surface area (Å²) >= 11 is 0. The number of carbonyl (C=O) groups excluding carboxylic acids is 4. The van der Waals surface area contributed by atoms with E-state index in [-0.39, 0.29) is 35.0 Å². The van der Waals surface area contributed by atoms with Crippen LogP contribution in [0.25, 0.3) is 11.3 Å². The molecule has 3 aromatic rings. The van der Waals surface area contributed by atoms with Crippen LogP contribution in [0.4, 0.5) is 24.1 Å². The van der Waals surface area contributed by atoms with Crippen LogP contribution in [0, 0.1) is 17.6 Å². The Balaban J connectivity index is 1.20. The van der Waals surface area contributed by atoms with E-state index in [0.29, 0.717) is 61.8 Å². The van der Waals surface area contributed by atoms with Crippen LogP contribution in [0.1, 0.15) is 88.7 Å². The van der Waals surface area contributed by atoms with E-state index in [2.05, 4.69) is 51.9 Å². The van der Waals surface area contributed by atoms with Crippen molar-refractivity contribution in [3.8, 4) is 11.3 Å². The van der Waals surface area contributed by atoms with Crippen LogP contribution in [0.2, 0.25) is 0 Å². The number of hydrogen-bond acceptors (Lipinski definition) is 9. The predicted octanol–water partition coefficient (Wildman–Crippen LogP) is 4.98. The normalized spacial score (nSPS) is 17.8. The largest absolute Gasteiger partial charge is 0.453 e. The summed E-state index contributed by atoms with van der Waals surface area (Å²) in [4.78, 5) is 68.7. The lowest BCUT2D eigenvalue weighted by Gasteiger charge is -2.33. The second-order valence-electron chi connectivity index (χ2n) is 14.1. The van der Waals surface area contributed by atoms with Crippen LogP contribution < -0.4 is 20.9 Å². The van der Waals surface area contributed by atoms with Gasteiger partial charge in [-0.3, -0.25) is 9.59 Å². The molecule has 292 valence electrons. The van der Waals surface area contributed by atoms with Crippen LogP contribution in [0.5, 0.6) is 0 Å². The predicted molar refractivity (Wildman–Crippen MR) is 195 cm³/mol. The molecule has 2 aliphatic rings. The first-order valence-corrected chi connectivity index (χ1v) is 18.0. The topological polar surface area (TPSA) is 187 Å². The molecule has 5 rings (SSSR count). The van der Waals surface area contributed by atoms with Gasteiger partial charge >= 0.3 is 12.2 Å². The minimum atomic E-state index is -0.922. The Morgan fingerprint density at radius 2 is 1.56 bits per heavy atom. The van der Waals surface area contributed by atoms with Gasteiger partial charge in [-0.25, -0.2) is 28.3 Å². The molecule has 0 unspecified atom stereocenters. The number of rotatable bonds is 12. The van der Waals surface area contributed by atoms with Crippen molar-refractivity contribution in [2.75, 3.05) is 38.8 Å². The van der Waals surface area contributed by atoms with Gasteiger partial charge in [0.25, 0.3) is 0 Å². The van der Waals surface area contributed by atoms with Crippen LogP contribution >= 0.6 is 0 Å². The van der Waals surface area contributed by atoms with Crippen molar-refractivity contribution >= 4 is 29.7 Å². The Morgan fingerprint density at radius 3 is 2.17 bits per heavy atom. The van der Waals surface area contributed by atoms with Gasteiger partial charge in [0.05, 0.1) is 38.2 Å². The van der Waals surface area contributed by atoms with Gasteiger partial charge in [0, 0.05) is 43.0 Å². The molecule has 2 saturated heterocycles. The Morgan fingerprint density at radius 1 is 0.907 bits per heavy atom. The number of amides is 4. The van der Waals surface area contributed by atoms with Gasteiger partial charge in [-0.2, -0.15) is 0 Å². The van der Waals surface area contributed by atoms with Gasteiger partial charge in [0.15, 0.2) is 0 Å². The van der Waals surface area contributed by atoms with Crippen LogP contribution in [-0.4, -0.2) is 94.8 Å². The lowest BCUT2D eigenvalue weighted by Crippen LogP contribution is -2.50. The van der Waals surface area contributed by atoms with Crippen LogP contribution in [0.15, 0.2) is 36.7 Å². The lowest BCUT2D eigenvalue weighted by molar-refractivity contribution is -0.133. The molecule has 1 aromatic carbocycles. The fourth-order valence-electron chi connectivity index (χ4n) is 7.01. The second kappa shape index (κ2) is 17.1. The smallest absolute Gasteiger partial charge is 0.407 e. The Labute approximate surface area is 312 Å². The summed E-state index contributed by atoms with van der Waals surface area (Å²) in [5.74, 6) is -1.27. The maximum absolute atomic E-state index is 15.6. The van der Waals surface area contributed by atoms with E-state index in [0.717, 1.165) is 12.1 Å². The number of carbonyl (C=O) groups is 4. The van der Waals surface area contributed by atoms with Crippen molar-refractivity contribution in [3.63, 3.8) is 0 Å². The second-order valence-corrected chi connectivity index (χ2v) is 14.1. The summed E-state index contributed by atoms with van der Waals surface area (Å²) in [6.07, 6.45) is 4.49. The molecule has 2 aromatic heterocycles. The highest BCUT2D eigenvalue weighted by molar-refractivity contribution is 5.89. The third-order valence-corrected chi connectivity index (χ3v) is 10.0. The molecule has 17 heteroatoms. The number of ether oxygens (including phenoxy) is 2. The van der Waals surface area contributed by atoms with Crippen molar-refractivity contribution in [3.05, 3.63) is 65.7 Å². The number of imidazole rings is 2. The molecular weight excluding hydrogens is 704 g/mol. The molecule has 2 fully saturated rings. The first-order valence-electron chi connectivity index (χ1n) is 18.0. The summed E-state index contributed by atoms with van der Waals surface area (Å²) in [5, 5.41) is 7.87. The standard InChI is InChI=1S/C37H49F2N9O6/c1-19(2)29(45-36(51)53-6)34(49)42-21(5)32-40-18-27(43-32)23-15-24(38)31(25(39)16-23)47-13-10-22(11-14-47)26-17-41-33(44-26)28-9-8-12-48(28)35(50)30(20(3)4)46-37(52)54-7/h15-19,21-22,28-30H,3,8-14H2,1-2,4-7H3,(H,40,43)(H,41,44)(H,42,49)(H,45,51)(H,46,52)/t21-,28-,29-,30-/m0/s1. The Bertz CT molecular complexity index is 1830. The zero-order chi connectivity index (χ0) is 39.3. The van der Waals surface area contributed by atoms with Crippen molar-refractivity contribution in [1.82, 2.24) is 40.8 Å². The third-order valence-electron chi connectivity index (χ3n) is 10.0. The van der Waals surface area contributed by atoms with E-state index >= 15 is 8.78 Å². The van der Waals surface area contributed by atoms with E-state index in [1.165, 1.54) is 32.5 Å². The van der Waals surface area contributed by atoms with E-state index in [1.54, 1.807) is 43.7 Å². The van der Waals surface area contributed by atoms with E-state index in [1.807, 2.05) is 0 Å². The molecule has 0 radical (unpaired) electrons. The van der Waals surface area contributed by atoms with Gasteiger partial charge < -0.3 is 45.2 Å². The first-order chi connectivity index (χ1) is 25.7. The number of aromatic nitrogens is 4. The molecule has 2 aliphatic heterocycles. The number of piperidine rings is 1. The summed E-state index contributed by atoms with van der Waals surface area (Å²) in [7, 11) is 2.44. The number of aromatic amines is 2. The molecule has 4 heterocycles. The molecule has 54 heavy (non-hydrogen) atoms. The average molecular weight is 754 g/mol. The zero-order valence-corrected chi connectivity index (χ0v) is 31.4. The molecule has 0 bridgehead atoms. The van der Waals surface area contributed by atoms with Gasteiger partial charge in [0.2, 0.25) is 11.8 Å². The number of likely N-dealkylation sites (tertiary alicyclic amines) is 1. The summed E-state index contributed by atoms with van der Waals surface area (Å²) in [6, 6.07) is -0.142. The zero-order valence-electron chi connectivity index (χ0n) is 31.4. The van der Waals surface area contributed by atoms with Crippen molar-refractivity contribution in [2.24, 2.45) is 5.92 Å². The highest BCUT2D eigenvalue weighted by Crippen LogP contribution is 2.36. The number of H-pyrrole nitrogens is 2. The first kappa shape index (κ1) is 39.7. The highest BCUT2D eigenvalue weighted by Gasteiger charge is 2.37. The number of halogens is 2. The molecule has 0 saturated carbocycles. The molecule has 4 amide bonds. The highest BCUT2D eigenvalue weighted by atomic mass is 19.1. The van der Waals surface area contributed by atoms with Gasteiger partial charge in [-0.05, 0) is 63.2 Å². The fourth-order valence-corrected chi connectivity index (χ4v) is 7.01. The number of nitrogens with zero attached hydrogens (tertiary/aromatic N) is 4. The maximum Gasteiger partial charge on any atom is 0.407 e. The SMILES string of the molecule is C=C(C)[C@H](NC(=O)OC)C(=O)N1CCC[C@H]1c1ncc(C2CCN(c3c(F)cc(-c4cnc([C@H](C)NC(=O)[C@@H](NC(=O)OC)C(C)C)[nH]4)cc3F)CC2)[nH]1. The monoisotopic (exact) mass is 753 g/mol. The molecule has 0 spiro atoms. The Kier molecular flexibility index (Phi) is 12.6. The number of anilines is 1. The third kappa shape index (κ3) is 8.82. The van der Waals surface area contributed by atoms with E-state index in [4.69, 9.17) is 0 Å². The Hall–Kier alpha value is -5.48. The van der Waals surface area contributed by atoms with Crippen molar-refractivity contribution < 1.29 is 37.4 Å². The van der Waals surface area contributed by atoms with E-state index in [9.17, 15) is 19.2 Å². The number of benzene rings is 1. The lowest BCUT2D eigenvalue weighted by atomic mass is 9.93. The van der Waals surface area contributed by atoms with Crippen molar-refractivity contribution in [1.29, 1.82) is 0 Å². The molecule has 0 aliphatic carbocycles. The van der Waals surface area contributed by atoms with Crippen LogP contribution in [-0.2, 0) is 19.1 Å². The maximum atomic E-state index is 15.6. The minimum absolute atomic E-state index is 0.0700. The molecule has 5 N–H and O–H groups in total.